The molecule has 40 heavy (non-hydrogen) atoms. The Morgan fingerprint density at radius 3 is 2.33 bits per heavy atom. The third-order valence-corrected chi connectivity index (χ3v) is 9.23. The molecule has 2 amide bonds. The number of hydrogen-bond acceptors (Lipinski definition) is 6. The minimum absolute atomic E-state index is 0.0102. The zero-order valence-corrected chi connectivity index (χ0v) is 25.7. The number of carbonyl (C=O) groups is 2. The zero-order valence-electron chi connectivity index (χ0n) is 22.6. The van der Waals surface area contributed by atoms with Crippen molar-refractivity contribution in [2.75, 3.05) is 30.8 Å². The molecule has 0 aromatic heterocycles. The average Bonchev–Trinajstić information content (AvgIpc) is 2.95. The van der Waals surface area contributed by atoms with Gasteiger partial charge in [-0.15, -0.1) is 11.8 Å². The molecule has 0 bridgehead atoms. The molecule has 0 radical (unpaired) electrons. The summed E-state index contributed by atoms with van der Waals surface area (Å²) < 4.78 is 34.8. The molecule has 0 fully saturated rings. The van der Waals surface area contributed by atoms with E-state index in [2.05, 4.69) is 5.32 Å². The Bertz CT molecular complexity index is 1450. The molecule has 12 heteroatoms. The summed E-state index contributed by atoms with van der Waals surface area (Å²) >= 11 is 13.9. The van der Waals surface area contributed by atoms with Gasteiger partial charge in [0, 0.05) is 28.5 Å². The molecule has 0 saturated carbocycles. The lowest BCUT2D eigenvalue weighted by Crippen LogP contribution is -2.50. The maximum absolute atomic E-state index is 14.0. The van der Waals surface area contributed by atoms with Crippen LogP contribution in [0.4, 0.5) is 5.69 Å². The van der Waals surface area contributed by atoms with Crippen LogP contribution in [0.1, 0.15) is 19.4 Å². The van der Waals surface area contributed by atoms with E-state index in [0.29, 0.717) is 21.4 Å². The number of carbonyl (C=O) groups excluding carboxylic acids is 2. The van der Waals surface area contributed by atoms with Crippen molar-refractivity contribution >= 4 is 62.5 Å². The quantitative estimate of drug-likeness (QED) is 0.269. The molecule has 3 rings (SSSR count). The number of hydrogen-bond donors (Lipinski definition) is 1. The number of likely N-dealkylation sites (N-methyl/N-ethyl adjacent to an activating group) is 1. The molecule has 214 valence electrons. The molecule has 3 aromatic rings. The Hall–Kier alpha value is -2.92. The second-order valence-electron chi connectivity index (χ2n) is 8.64. The van der Waals surface area contributed by atoms with Crippen LogP contribution in [0.3, 0.4) is 0 Å². The number of ether oxygens (including phenoxy) is 1. The van der Waals surface area contributed by atoms with Gasteiger partial charge in [0.1, 0.15) is 18.3 Å². The van der Waals surface area contributed by atoms with Crippen LogP contribution in [-0.2, 0) is 26.2 Å². The highest BCUT2D eigenvalue weighted by atomic mass is 35.5. The zero-order chi connectivity index (χ0) is 29.4. The molecular weight excluding hydrogens is 593 g/mol. The second kappa shape index (κ2) is 14.1. The van der Waals surface area contributed by atoms with Gasteiger partial charge in [-0.25, -0.2) is 8.42 Å². The number of anilines is 1. The van der Waals surface area contributed by atoms with Gasteiger partial charge < -0.3 is 15.0 Å². The normalized spacial score (nSPS) is 11.9. The highest BCUT2D eigenvalue weighted by molar-refractivity contribution is 7.98. The molecule has 0 aliphatic rings. The lowest BCUT2D eigenvalue weighted by Gasteiger charge is -2.32. The summed E-state index contributed by atoms with van der Waals surface area (Å²) in [7, 11) is -2.77. The summed E-state index contributed by atoms with van der Waals surface area (Å²) in [5, 5.41) is 3.28. The summed E-state index contributed by atoms with van der Waals surface area (Å²) in [6.07, 6.45) is 1.89. The van der Waals surface area contributed by atoms with E-state index >= 15 is 0 Å². The molecule has 0 spiro atoms. The van der Waals surface area contributed by atoms with Crippen molar-refractivity contribution in [1.82, 2.24) is 10.2 Å². The lowest BCUT2D eigenvalue weighted by atomic mass is 10.1. The van der Waals surface area contributed by atoms with Crippen molar-refractivity contribution in [2.24, 2.45) is 0 Å². The number of nitrogens with one attached hydrogen (secondary N) is 1. The number of rotatable bonds is 12. The van der Waals surface area contributed by atoms with E-state index in [9.17, 15) is 18.0 Å². The van der Waals surface area contributed by atoms with Crippen molar-refractivity contribution < 1.29 is 22.7 Å². The number of para-hydroxylation sites is 2. The molecule has 0 aliphatic carbocycles. The molecule has 8 nitrogen and oxygen atoms in total. The molecule has 1 atom stereocenters. The largest absolute Gasteiger partial charge is 0.492 e. The van der Waals surface area contributed by atoms with Crippen LogP contribution >= 0.6 is 35.0 Å². The summed E-state index contributed by atoms with van der Waals surface area (Å²) in [5.41, 5.74) is 0.746. The maximum Gasteiger partial charge on any atom is 0.264 e. The third kappa shape index (κ3) is 7.42. The Labute approximate surface area is 249 Å². The lowest BCUT2D eigenvalue weighted by molar-refractivity contribution is -0.139. The van der Waals surface area contributed by atoms with E-state index in [4.69, 9.17) is 27.9 Å². The highest BCUT2D eigenvalue weighted by Gasteiger charge is 2.33. The number of sulfonamides is 1. The molecular formula is C28H31Cl2N3O5S2. The standard InChI is InChI=1S/C28H31Cl2N3O5S2/c1-5-38-26-9-7-6-8-25(26)33(40(36,37)23-14-12-22(39-4)13-15-23)18-27(34)32(19(2)28(35)31-3)17-20-10-11-21(29)16-24(20)30/h6-16,19H,5,17-18H2,1-4H3,(H,31,35). The van der Waals surface area contributed by atoms with Crippen LogP contribution in [0, 0.1) is 0 Å². The minimum atomic E-state index is -4.23. The van der Waals surface area contributed by atoms with Gasteiger partial charge in [-0.3, -0.25) is 13.9 Å². The number of nitrogens with zero attached hydrogens (tertiary/aromatic N) is 2. The predicted octanol–water partition coefficient (Wildman–Crippen LogP) is 5.47. The number of benzene rings is 3. The van der Waals surface area contributed by atoms with E-state index in [0.717, 1.165) is 9.20 Å². The van der Waals surface area contributed by atoms with Gasteiger partial charge in [-0.2, -0.15) is 0 Å². The van der Waals surface area contributed by atoms with Gasteiger partial charge in [0.2, 0.25) is 11.8 Å². The summed E-state index contributed by atoms with van der Waals surface area (Å²) in [6, 6.07) is 16.9. The molecule has 1 N–H and O–H groups in total. The first-order valence-corrected chi connectivity index (χ1v) is 15.8. The topological polar surface area (TPSA) is 96.0 Å². The Morgan fingerprint density at radius 1 is 1.05 bits per heavy atom. The molecule has 3 aromatic carbocycles. The van der Waals surface area contributed by atoms with Gasteiger partial charge in [0.15, 0.2) is 0 Å². The van der Waals surface area contributed by atoms with Crippen LogP contribution < -0.4 is 14.4 Å². The van der Waals surface area contributed by atoms with E-state index in [1.807, 2.05) is 6.26 Å². The van der Waals surface area contributed by atoms with Gasteiger partial charge in [0.05, 0.1) is 17.2 Å². The Balaban J connectivity index is 2.10. The average molecular weight is 625 g/mol. The van der Waals surface area contributed by atoms with Crippen molar-refractivity contribution in [3.8, 4) is 5.75 Å². The van der Waals surface area contributed by atoms with E-state index < -0.39 is 34.4 Å². The predicted molar refractivity (Wildman–Crippen MR) is 161 cm³/mol. The first-order chi connectivity index (χ1) is 19.0. The van der Waals surface area contributed by atoms with Gasteiger partial charge in [-0.1, -0.05) is 41.4 Å². The third-order valence-electron chi connectivity index (χ3n) is 6.13. The molecule has 0 aliphatic heterocycles. The number of thioether (sulfide) groups is 1. The monoisotopic (exact) mass is 623 g/mol. The van der Waals surface area contributed by atoms with Crippen LogP contribution in [0.5, 0.6) is 5.75 Å². The first-order valence-electron chi connectivity index (χ1n) is 12.4. The second-order valence-corrected chi connectivity index (χ2v) is 12.2. The van der Waals surface area contributed by atoms with Gasteiger partial charge in [-0.05, 0) is 74.2 Å². The molecule has 0 saturated heterocycles. The Morgan fingerprint density at radius 2 is 1.73 bits per heavy atom. The van der Waals surface area contributed by atoms with Crippen molar-refractivity contribution in [1.29, 1.82) is 0 Å². The minimum Gasteiger partial charge on any atom is -0.492 e. The fourth-order valence-corrected chi connectivity index (χ4v) is 6.26. The fourth-order valence-electron chi connectivity index (χ4n) is 3.95. The van der Waals surface area contributed by atoms with Crippen LogP contribution in [0.15, 0.2) is 76.5 Å². The SMILES string of the molecule is CCOc1ccccc1N(CC(=O)N(Cc1ccc(Cl)cc1Cl)C(C)C(=O)NC)S(=O)(=O)c1ccc(SC)cc1. The summed E-state index contributed by atoms with van der Waals surface area (Å²) in [5.74, 6) is -0.735. The first kappa shape index (κ1) is 31.6. The van der Waals surface area contributed by atoms with Crippen molar-refractivity contribution in [3.05, 3.63) is 82.3 Å². The van der Waals surface area contributed by atoms with Gasteiger partial charge in [0.25, 0.3) is 10.0 Å². The van der Waals surface area contributed by atoms with Crippen molar-refractivity contribution in [2.45, 2.75) is 36.2 Å². The van der Waals surface area contributed by atoms with Crippen LogP contribution in [-0.4, -0.2) is 57.6 Å². The fraction of sp³-hybridized carbons (Fsp3) is 0.286. The highest BCUT2D eigenvalue weighted by Crippen LogP contribution is 2.33. The number of halogens is 2. The van der Waals surface area contributed by atoms with E-state index in [1.165, 1.54) is 35.8 Å². The smallest absolute Gasteiger partial charge is 0.264 e. The maximum atomic E-state index is 14.0. The molecule has 0 heterocycles. The van der Waals surface area contributed by atoms with Crippen molar-refractivity contribution in [3.63, 3.8) is 0 Å². The van der Waals surface area contributed by atoms with Gasteiger partial charge >= 0.3 is 0 Å². The van der Waals surface area contributed by atoms with Crippen LogP contribution in [0.2, 0.25) is 10.0 Å². The van der Waals surface area contributed by atoms with E-state index in [-0.39, 0.29) is 23.7 Å². The number of amides is 2. The Kier molecular flexibility index (Phi) is 11.2. The van der Waals surface area contributed by atoms with E-state index in [1.54, 1.807) is 68.4 Å². The van der Waals surface area contributed by atoms with Crippen LogP contribution in [0.25, 0.3) is 0 Å². The molecule has 1 unspecified atom stereocenters. The summed E-state index contributed by atoms with van der Waals surface area (Å²) in [6.45, 7) is 2.99. The summed E-state index contributed by atoms with van der Waals surface area (Å²) in [4.78, 5) is 28.8.